The Morgan fingerprint density at radius 1 is 0.710 bits per heavy atom. The predicted molar refractivity (Wildman–Crippen MR) is 118 cm³/mol. The van der Waals surface area contributed by atoms with Crippen LogP contribution in [0.1, 0.15) is 26.5 Å². The summed E-state index contributed by atoms with van der Waals surface area (Å²) in [6.45, 7) is 0.482. The lowest BCUT2D eigenvalue weighted by Crippen LogP contribution is -2.13. The maximum atomic E-state index is 12.5. The summed E-state index contributed by atoms with van der Waals surface area (Å²) >= 11 is 0. The fourth-order valence-corrected chi connectivity index (χ4v) is 2.88. The molecule has 2 N–H and O–H groups in total. The van der Waals surface area contributed by atoms with E-state index in [1.165, 1.54) is 6.26 Å². The second kappa shape index (κ2) is 9.45. The van der Waals surface area contributed by atoms with Crippen LogP contribution < -0.4 is 15.4 Å². The van der Waals surface area contributed by atoms with Gasteiger partial charge in [-0.3, -0.25) is 9.59 Å². The van der Waals surface area contributed by atoms with Gasteiger partial charge in [0, 0.05) is 16.9 Å². The Balaban J connectivity index is 1.31. The first-order chi connectivity index (χ1) is 15.2. The van der Waals surface area contributed by atoms with Crippen LogP contribution in [0, 0.1) is 0 Å². The van der Waals surface area contributed by atoms with Crippen LogP contribution in [0.25, 0.3) is 0 Å². The van der Waals surface area contributed by atoms with E-state index in [-0.39, 0.29) is 17.6 Å². The molecular weight excluding hydrogens is 392 g/mol. The summed E-state index contributed by atoms with van der Waals surface area (Å²) in [5.41, 5.74) is 2.79. The van der Waals surface area contributed by atoms with Gasteiger partial charge in [-0.25, -0.2) is 0 Å². The van der Waals surface area contributed by atoms with Crippen LogP contribution >= 0.6 is 0 Å². The fraction of sp³-hybridized carbons (Fsp3) is 0.0400. The van der Waals surface area contributed by atoms with E-state index in [0.717, 1.165) is 11.3 Å². The third-order valence-corrected chi connectivity index (χ3v) is 4.51. The summed E-state index contributed by atoms with van der Waals surface area (Å²) < 4.78 is 10.8. The van der Waals surface area contributed by atoms with E-state index in [9.17, 15) is 9.59 Å². The first-order valence-corrected chi connectivity index (χ1v) is 9.70. The number of hydrogen-bond donors (Lipinski definition) is 2. The van der Waals surface area contributed by atoms with Gasteiger partial charge in [0.25, 0.3) is 11.8 Å². The van der Waals surface area contributed by atoms with Crippen molar-refractivity contribution in [1.29, 1.82) is 0 Å². The van der Waals surface area contributed by atoms with Gasteiger partial charge in [-0.05, 0) is 66.2 Å². The molecule has 6 heteroatoms. The van der Waals surface area contributed by atoms with E-state index in [1.807, 2.05) is 42.5 Å². The standard InChI is InChI=1S/C25H20N2O4/c28-24(19-8-10-20(11-9-19)27-25(29)23-7-4-16-30-23)26-21-12-14-22(15-13-21)31-17-18-5-2-1-3-6-18/h1-16H,17H2,(H,26,28)(H,27,29). The highest BCUT2D eigenvalue weighted by atomic mass is 16.5. The van der Waals surface area contributed by atoms with E-state index in [0.29, 0.717) is 23.5 Å². The van der Waals surface area contributed by atoms with E-state index < -0.39 is 0 Å². The van der Waals surface area contributed by atoms with E-state index >= 15 is 0 Å². The topological polar surface area (TPSA) is 80.6 Å². The fourth-order valence-electron chi connectivity index (χ4n) is 2.88. The number of carbonyl (C=O) groups excluding carboxylic acids is 2. The average molecular weight is 412 g/mol. The highest BCUT2D eigenvalue weighted by Crippen LogP contribution is 2.18. The number of nitrogens with one attached hydrogen (secondary N) is 2. The number of anilines is 2. The normalized spacial score (nSPS) is 10.3. The van der Waals surface area contributed by atoms with Crippen molar-refractivity contribution in [2.75, 3.05) is 10.6 Å². The SMILES string of the molecule is O=C(Nc1ccc(OCc2ccccc2)cc1)c1ccc(NC(=O)c2ccco2)cc1. The van der Waals surface area contributed by atoms with Gasteiger partial charge >= 0.3 is 0 Å². The highest BCUT2D eigenvalue weighted by molar-refractivity contribution is 6.05. The number of benzene rings is 3. The Labute approximate surface area is 179 Å². The molecule has 0 fully saturated rings. The summed E-state index contributed by atoms with van der Waals surface area (Å²) in [6.07, 6.45) is 1.43. The van der Waals surface area contributed by atoms with Gasteiger partial charge in [0.1, 0.15) is 12.4 Å². The minimum atomic E-state index is -0.350. The van der Waals surface area contributed by atoms with Crippen LogP contribution in [0.5, 0.6) is 5.75 Å². The Morgan fingerprint density at radius 2 is 1.35 bits per heavy atom. The number of hydrogen-bond acceptors (Lipinski definition) is 4. The first-order valence-electron chi connectivity index (χ1n) is 9.70. The van der Waals surface area contributed by atoms with Gasteiger partial charge in [-0.15, -0.1) is 0 Å². The minimum Gasteiger partial charge on any atom is -0.489 e. The molecule has 4 rings (SSSR count). The third-order valence-electron chi connectivity index (χ3n) is 4.51. The Kier molecular flexibility index (Phi) is 6.09. The van der Waals surface area contributed by atoms with Crippen LogP contribution in [0.2, 0.25) is 0 Å². The molecule has 0 saturated heterocycles. The number of furan rings is 1. The molecular formula is C25H20N2O4. The maximum Gasteiger partial charge on any atom is 0.291 e. The molecule has 154 valence electrons. The van der Waals surface area contributed by atoms with Crippen molar-refractivity contribution in [3.05, 3.63) is 114 Å². The highest BCUT2D eigenvalue weighted by Gasteiger charge is 2.10. The van der Waals surface area contributed by atoms with Gasteiger partial charge in [-0.2, -0.15) is 0 Å². The minimum absolute atomic E-state index is 0.220. The Morgan fingerprint density at radius 3 is 2.00 bits per heavy atom. The van der Waals surface area contributed by atoms with Crippen molar-refractivity contribution in [1.82, 2.24) is 0 Å². The second-order valence-corrected chi connectivity index (χ2v) is 6.76. The molecule has 0 saturated carbocycles. The molecule has 2 amide bonds. The Hall–Kier alpha value is -4.32. The van der Waals surface area contributed by atoms with Crippen molar-refractivity contribution in [3.63, 3.8) is 0 Å². The van der Waals surface area contributed by atoms with Crippen molar-refractivity contribution in [2.24, 2.45) is 0 Å². The first kappa shape index (κ1) is 20.0. The molecule has 6 nitrogen and oxygen atoms in total. The molecule has 0 atom stereocenters. The third kappa shape index (κ3) is 5.39. The van der Waals surface area contributed by atoms with Crippen LogP contribution in [-0.4, -0.2) is 11.8 Å². The predicted octanol–water partition coefficient (Wildman–Crippen LogP) is 5.36. The van der Waals surface area contributed by atoms with Crippen molar-refractivity contribution >= 4 is 23.2 Å². The van der Waals surface area contributed by atoms with Crippen molar-refractivity contribution < 1.29 is 18.7 Å². The Bertz CT molecular complexity index is 1140. The number of rotatable bonds is 7. The van der Waals surface area contributed by atoms with Crippen LogP contribution in [0.4, 0.5) is 11.4 Å². The van der Waals surface area contributed by atoms with Gasteiger partial charge in [0.05, 0.1) is 6.26 Å². The number of carbonyl (C=O) groups is 2. The molecule has 4 aromatic rings. The molecule has 0 aliphatic carbocycles. The van der Waals surface area contributed by atoms with Gasteiger partial charge in [0.15, 0.2) is 5.76 Å². The molecule has 0 spiro atoms. The summed E-state index contributed by atoms with van der Waals surface area (Å²) in [7, 11) is 0. The zero-order valence-electron chi connectivity index (χ0n) is 16.6. The average Bonchev–Trinajstić information content (AvgIpc) is 3.35. The molecule has 0 aliphatic heterocycles. The lowest BCUT2D eigenvalue weighted by molar-refractivity contribution is 0.0995. The molecule has 1 aromatic heterocycles. The van der Waals surface area contributed by atoms with Crippen molar-refractivity contribution in [3.8, 4) is 5.75 Å². The second-order valence-electron chi connectivity index (χ2n) is 6.76. The van der Waals surface area contributed by atoms with E-state index in [4.69, 9.17) is 9.15 Å². The lowest BCUT2D eigenvalue weighted by atomic mass is 10.2. The number of amides is 2. The molecule has 1 heterocycles. The van der Waals surface area contributed by atoms with Gasteiger partial charge in [0.2, 0.25) is 0 Å². The van der Waals surface area contributed by atoms with Crippen LogP contribution in [0.15, 0.2) is 102 Å². The molecule has 3 aromatic carbocycles. The zero-order valence-corrected chi connectivity index (χ0v) is 16.6. The number of ether oxygens (including phenoxy) is 1. The quantitative estimate of drug-likeness (QED) is 0.428. The zero-order chi connectivity index (χ0) is 21.5. The summed E-state index contributed by atoms with van der Waals surface area (Å²) in [4.78, 5) is 24.5. The van der Waals surface area contributed by atoms with Gasteiger partial charge in [-0.1, -0.05) is 30.3 Å². The summed E-state index contributed by atoms with van der Waals surface area (Å²) in [5, 5.41) is 5.56. The largest absolute Gasteiger partial charge is 0.489 e. The molecule has 0 bridgehead atoms. The molecule has 0 unspecified atom stereocenters. The summed E-state index contributed by atoms with van der Waals surface area (Å²) in [5.74, 6) is 0.343. The van der Waals surface area contributed by atoms with Crippen molar-refractivity contribution in [2.45, 2.75) is 6.61 Å². The molecule has 31 heavy (non-hydrogen) atoms. The van der Waals surface area contributed by atoms with Crippen LogP contribution in [0.3, 0.4) is 0 Å². The van der Waals surface area contributed by atoms with E-state index in [2.05, 4.69) is 10.6 Å². The maximum absolute atomic E-state index is 12.5. The molecule has 0 radical (unpaired) electrons. The summed E-state index contributed by atoms with van der Waals surface area (Å²) in [6, 6.07) is 26.9. The van der Waals surface area contributed by atoms with Gasteiger partial charge < -0.3 is 19.8 Å². The lowest BCUT2D eigenvalue weighted by Gasteiger charge is -2.09. The van der Waals surface area contributed by atoms with Crippen LogP contribution in [-0.2, 0) is 6.61 Å². The monoisotopic (exact) mass is 412 g/mol. The smallest absolute Gasteiger partial charge is 0.291 e. The molecule has 0 aliphatic rings. The van der Waals surface area contributed by atoms with E-state index in [1.54, 1.807) is 48.5 Å².